The number of nitrogens with one attached hydrogen (secondary N) is 2. The molecule has 126 valence electrons. The van der Waals surface area contributed by atoms with Crippen LogP contribution in [0.5, 0.6) is 11.5 Å². The van der Waals surface area contributed by atoms with Crippen LogP contribution in [0.3, 0.4) is 0 Å². The lowest BCUT2D eigenvalue weighted by Gasteiger charge is -2.09. The van der Waals surface area contributed by atoms with Crippen molar-refractivity contribution in [2.75, 3.05) is 14.2 Å². The van der Waals surface area contributed by atoms with E-state index in [9.17, 15) is 4.79 Å². The van der Waals surface area contributed by atoms with Gasteiger partial charge in [0.2, 0.25) is 0 Å². The third-order valence-corrected chi connectivity index (χ3v) is 4.15. The quantitative estimate of drug-likeness (QED) is 0.649. The average molecular weight is 328 g/mol. The van der Waals surface area contributed by atoms with Crippen molar-refractivity contribution in [2.45, 2.75) is 26.2 Å². The molecule has 24 heavy (non-hydrogen) atoms. The van der Waals surface area contributed by atoms with Crippen LogP contribution in [0.1, 0.15) is 40.7 Å². The molecule has 0 unspecified atom stereocenters. The summed E-state index contributed by atoms with van der Waals surface area (Å²) in [6, 6.07) is 5.48. The number of rotatable bonds is 5. The lowest BCUT2D eigenvalue weighted by atomic mass is 10.1. The first-order valence-electron chi connectivity index (χ1n) is 7.77. The summed E-state index contributed by atoms with van der Waals surface area (Å²) in [7, 11) is 3.16. The van der Waals surface area contributed by atoms with Gasteiger partial charge in [0.1, 0.15) is 0 Å². The van der Waals surface area contributed by atoms with Crippen molar-refractivity contribution in [1.29, 1.82) is 0 Å². The number of nitrogens with zero attached hydrogens (tertiary/aromatic N) is 2. The van der Waals surface area contributed by atoms with Crippen molar-refractivity contribution in [3.8, 4) is 11.5 Å². The molecule has 1 aliphatic rings. The van der Waals surface area contributed by atoms with Gasteiger partial charge in [-0.2, -0.15) is 10.2 Å². The van der Waals surface area contributed by atoms with E-state index in [0.717, 1.165) is 36.1 Å². The van der Waals surface area contributed by atoms with Gasteiger partial charge in [0.15, 0.2) is 17.2 Å². The Kier molecular flexibility index (Phi) is 4.50. The Bertz CT molecular complexity index is 795. The number of carbonyl (C=O) groups is 1. The number of benzene rings is 1. The number of H-pyrrole nitrogens is 1. The highest BCUT2D eigenvalue weighted by Gasteiger charge is 2.22. The summed E-state index contributed by atoms with van der Waals surface area (Å²) in [6.07, 6.45) is 2.88. The minimum Gasteiger partial charge on any atom is -0.493 e. The van der Waals surface area contributed by atoms with Crippen LogP contribution in [0.4, 0.5) is 0 Å². The third kappa shape index (κ3) is 2.97. The standard InChI is InChI=1S/C17H20N4O3/c1-10(11-7-8-14(23-2)15(9-11)24-3)18-21-17(22)16-12-5-4-6-13(12)19-20-16/h7-9H,4-6H2,1-3H3,(H,19,20)(H,21,22). The van der Waals surface area contributed by atoms with Crippen molar-refractivity contribution in [3.05, 3.63) is 40.7 Å². The lowest BCUT2D eigenvalue weighted by Crippen LogP contribution is -2.21. The van der Waals surface area contributed by atoms with E-state index in [4.69, 9.17) is 9.47 Å². The molecule has 1 amide bonds. The molecule has 1 aromatic heterocycles. The molecule has 0 spiro atoms. The Labute approximate surface area is 140 Å². The number of hydrogen-bond acceptors (Lipinski definition) is 5. The van der Waals surface area contributed by atoms with Crippen molar-refractivity contribution < 1.29 is 14.3 Å². The second-order valence-electron chi connectivity index (χ2n) is 5.59. The fourth-order valence-electron chi connectivity index (χ4n) is 2.82. The molecule has 1 heterocycles. The Morgan fingerprint density at radius 2 is 2.04 bits per heavy atom. The first-order chi connectivity index (χ1) is 11.6. The van der Waals surface area contributed by atoms with Gasteiger partial charge >= 0.3 is 0 Å². The summed E-state index contributed by atoms with van der Waals surface area (Å²) in [6.45, 7) is 1.82. The van der Waals surface area contributed by atoms with E-state index in [1.165, 1.54) is 0 Å². The van der Waals surface area contributed by atoms with Crippen molar-refractivity contribution >= 4 is 11.6 Å². The molecular formula is C17H20N4O3. The van der Waals surface area contributed by atoms with Gasteiger partial charge in [0.05, 0.1) is 19.9 Å². The summed E-state index contributed by atoms with van der Waals surface area (Å²) in [5, 5.41) is 11.2. The van der Waals surface area contributed by atoms with Crippen LogP contribution >= 0.6 is 0 Å². The van der Waals surface area contributed by atoms with E-state index in [-0.39, 0.29) is 5.91 Å². The van der Waals surface area contributed by atoms with Gasteiger partial charge in [0, 0.05) is 16.8 Å². The maximum absolute atomic E-state index is 12.3. The molecule has 7 nitrogen and oxygen atoms in total. The van der Waals surface area contributed by atoms with Gasteiger partial charge in [-0.3, -0.25) is 9.89 Å². The molecule has 0 atom stereocenters. The van der Waals surface area contributed by atoms with E-state index in [1.807, 2.05) is 19.1 Å². The largest absolute Gasteiger partial charge is 0.493 e. The van der Waals surface area contributed by atoms with E-state index in [2.05, 4.69) is 20.7 Å². The normalized spacial score (nSPS) is 13.5. The zero-order valence-electron chi connectivity index (χ0n) is 14.0. The van der Waals surface area contributed by atoms with Gasteiger partial charge in [-0.05, 0) is 44.4 Å². The molecule has 0 saturated carbocycles. The monoisotopic (exact) mass is 328 g/mol. The Morgan fingerprint density at radius 3 is 2.79 bits per heavy atom. The number of aromatic amines is 1. The number of aromatic nitrogens is 2. The maximum atomic E-state index is 12.3. The second-order valence-corrected chi connectivity index (χ2v) is 5.59. The minimum atomic E-state index is -0.297. The van der Waals surface area contributed by atoms with Crippen molar-refractivity contribution in [1.82, 2.24) is 15.6 Å². The first kappa shape index (κ1) is 16.0. The summed E-state index contributed by atoms with van der Waals surface area (Å²) in [4.78, 5) is 12.3. The van der Waals surface area contributed by atoms with E-state index < -0.39 is 0 Å². The summed E-state index contributed by atoms with van der Waals surface area (Å²) in [5.41, 5.74) is 6.57. The van der Waals surface area contributed by atoms with Gasteiger partial charge < -0.3 is 9.47 Å². The SMILES string of the molecule is COc1ccc(C(C)=NNC(=O)c2n[nH]c3c2CCC3)cc1OC. The molecule has 2 N–H and O–H groups in total. The number of methoxy groups -OCH3 is 2. The Balaban J connectivity index is 1.75. The maximum Gasteiger partial charge on any atom is 0.292 e. The second kappa shape index (κ2) is 6.74. The zero-order chi connectivity index (χ0) is 17.1. The lowest BCUT2D eigenvalue weighted by molar-refractivity contribution is 0.0949. The fourth-order valence-corrected chi connectivity index (χ4v) is 2.82. The number of ether oxygens (including phenoxy) is 2. The van der Waals surface area contributed by atoms with Gasteiger partial charge in [0.25, 0.3) is 5.91 Å². The molecule has 7 heteroatoms. The van der Waals surface area contributed by atoms with Crippen LogP contribution in [0.25, 0.3) is 0 Å². The Hall–Kier alpha value is -2.83. The molecule has 0 radical (unpaired) electrons. The summed E-state index contributed by atoms with van der Waals surface area (Å²) in [5.74, 6) is 0.959. The summed E-state index contributed by atoms with van der Waals surface area (Å²) < 4.78 is 10.5. The van der Waals surface area contributed by atoms with Gasteiger partial charge in [-0.15, -0.1) is 0 Å². The number of fused-ring (bicyclic) bond motifs is 1. The number of aryl methyl sites for hydroxylation is 1. The molecule has 0 bridgehead atoms. The molecule has 1 aromatic carbocycles. The van der Waals surface area contributed by atoms with E-state index in [0.29, 0.717) is 22.9 Å². The molecule has 3 rings (SSSR count). The van der Waals surface area contributed by atoms with Crippen LogP contribution in [-0.4, -0.2) is 36.0 Å². The molecule has 1 aliphatic carbocycles. The summed E-state index contributed by atoms with van der Waals surface area (Å²) >= 11 is 0. The molecule has 2 aromatic rings. The smallest absolute Gasteiger partial charge is 0.292 e. The van der Waals surface area contributed by atoms with E-state index in [1.54, 1.807) is 20.3 Å². The zero-order valence-corrected chi connectivity index (χ0v) is 14.0. The number of hydrogen-bond donors (Lipinski definition) is 2. The van der Waals surface area contributed by atoms with Crippen LogP contribution in [0.15, 0.2) is 23.3 Å². The van der Waals surface area contributed by atoms with Gasteiger partial charge in [-0.1, -0.05) is 0 Å². The highest BCUT2D eigenvalue weighted by Crippen LogP contribution is 2.27. The first-order valence-corrected chi connectivity index (χ1v) is 7.77. The minimum absolute atomic E-state index is 0.297. The highest BCUT2D eigenvalue weighted by molar-refractivity contribution is 6.01. The van der Waals surface area contributed by atoms with Crippen LogP contribution in [0, 0.1) is 0 Å². The number of amides is 1. The number of hydrazone groups is 1. The topological polar surface area (TPSA) is 88.6 Å². The third-order valence-electron chi connectivity index (χ3n) is 4.15. The molecular weight excluding hydrogens is 308 g/mol. The van der Waals surface area contributed by atoms with Gasteiger partial charge in [-0.25, -0.2) is 5.43 Å². The molecule has 0 aliphatic heterocycles. The predicted molar refractivity (Wildman–Crippen MR) is 89.8 cm³/mol. The van der Waals surface area contributed by atoms with Crippen LogP contribution in [0.2, 0.25) is 0 Å². The van der Waals surface area contributed by atoms with Crippen LogP contribution < -0.4 is 14.9 Å². The Morgan fingerprint density at radius 1 is 1.25 bits per heavy atom. The van der Waals surface area contributed by atoms with Crippen LogP contribution in [-0.2, 0) is 12.8 Å². The molecule has 0 fully saturated rings. The fraction of sp³-hybridized carbons (Fsp3) is 0.353. The van der Waals surface area contributed by atoms with Crippen molar-refractivity contribution in [2.24, 2.45) is 5.10 Å². The van der Waals surface area contributed by atoms with Crippen molar-refractivity contribution in [3.63, 3.8) is 0 Å². The average Bonchev–Trinajstić information content (AvgIpc) is 3.22. The van der Waals surface area contributed by atoms with E-state index >= 15 is 0 Å². The number of carbonyl (C=O) groups excluding carboxylic acids is 1. The highest BCUT2D eigenvalue weighted by atomic mass is 16.5. The predicted octanol–water partition coefficient (Wildman–Crippen LogP) is 2.07. The molecule has 0 saturated heterocycles.